The fraction of sp³-hybridized carbons (Fsp3) is 0.591. The highest BCUT2D eigenvalue weighted by molar-refractivity contribution is 6.09. The van der Waals surface area contributed by atoms with Gasteiger partial charge in [-0.3, -0.25) is 14.5 Å². The summed E-state index contributed by atoms with van der Waals surface area (Å²) in [5.74, 6) is -0.476. The minimum atomic E-state index is -0.764. The summed E-state index contributed by atoms with van der Waals surface area (Å²) >= 11 is 0. The normalized spacial score (nSPS) is 21.0. The van der Waals surface area contributed by atoms with E-state index in [9.17, 15) is 14.4 Å². The minimum absolute atomic E-state index is 0.200. The molecule has 1 aromatic rings. The van der Waals surface area contributed by atoms with Crippen molar-refractivity contribution in [2.45, 2.75) is 57.0 Å². The Hall–Kier alpha value is -2.57. The lowest BCUT2D eigenvalue weighted by Crippen LogP contribution is -2.45. The molecule has 2 saturated heterocycles. The maximum atomic E-state index is 12.7. The van der Waals surface area contributed by atoms with E-state index >= 15 is 0 Å². The zero-order valence-corrected chi connectivity index (χ0v) is 17.2. The Labute approximate surface area is 172 Å². The first kappa shape index (κ1) is 19.7. The van der Waals surface area contributed by atoms with Gasteiger partial charge in [-0.1, -0.05) is 25.0 Å². The summed E-state index contributed by atoms with van der Waals surface area (Å²) in [5, 5.41) is 2.82. The van der Waals surface area contributed by atoms with Crippen LogP contribution in [-0.2, 0) is 16.1 Å². The number of carbonyl (C=O) groups is 3. The van der Waals surface area contributed by atoms with Crippen LogP contribution in [0.1, 0.15) is 50.5 Å². The number of likely N-dealkylation sites (N-methyl/N-ethyl adjacent to an activating group) is 1. The van der Waals surface area contributed by atoms with Gasteiger partial charge in [-0.2, -0.15) is 0 Å². The Morgan fingerprint density at radius 3 is 2.34 bits per heavy atom. The fourth-order valence-corrected chi connectivity index (χ4v) is 4.72. The fourth-order valence-electron chi connectivity index (χ4n) is 4.72. The Morgan fingerprint density at radius 2 is 1.69 bits per heavy atom. The summed E-state index contributed by atoms with van der Waals surface area (Å²) in [6.45, 7) is 2.46. The predicted octanol–water partition coefficient (Wildman–Crippen LogP) is 2.50. The molecule has 0 bridgehead atoms. The molecule has 0 unspecified atom stereocenters. The molecule has 4 amide bonds. The van der Waals surface area contributed by atoms with E-state index in [1.165, 1.54) is 24.9 Å². The van der Waals surface area contributed by atoms with E-state index in [0.29, 0.717) is 19.4 Å². The molecule has 3 aliphatic rings. The largest absolute Gasteiger partial charge is 0.372 e. The minimum Gasteiger partial charge on any atom is -0.372 e. The third-order valence-corrected chi connectivity index (χ3v) is 6.50. The third-order valence-electron chi connectivity index (χ3n) is 6.50. The van der Waals surface area contributed by atoms with Crippen molar-refractivity contribution in [3.63, 3.8) is 0 Å². The van der Waals surface area contributed by atoms with Crippen LogP contribution in [-0.4, -0.2) is 59.9 Å². The Morgan fingerprint density at radius 1 is 1.03 bits per heavy atom. The lowest BCUT2D eigenvalue weighted by Gasteiger charge is -2.29. The summed E-state index contributed by atoms with van der Waals surface area (Å²) < 4.78 is 0. The second kappa shape index (κ2) is 8.05. The molecule has 0 atom stereocenters. The molecule has 7 nitrogen and oxygen atoms in total. The lowest BCUT2D eigenvalue weighted by molar-refractivity contribution is -0.138. The van der Waals surface area contributed by atoms with E-state index in [4.69, 9.17) is 0 Å². The van der Waals surface area contributed by atoms with Crippen LogP contribution in [0, 0.1) is 0 Å². The highest BCUT2D eigenvalue weighted by Crippen LogP contribution is 2.35. The molecule has 1 saturated carbocycles. The maximum absolute atomic E-state index is 12.7. The molecule has 156 valence electrons. The standard InChI is InChI=1S/C22H30N4O3/c1-24(15-17-7-9-18(10-8-17)25-13-5-2-6-14-25)19(27)16-26-20(28)22(23-21(26)29)11-3-4-12-22/h7-10H,2-6,11-16H2,1H3,(H,23,29). The number of imide groups is 1. The summed E-state index contributed by atoms with van der Waals surface area (Å²) in [7, 11) is 1.71. The highest BCUT2D eigenvalue weighted by Gasteiger charge is 2.52. The topological polar surface area (TPSA) is 73.0 Å². The average molecular weight is 399 g/mol. The molecule has 29 heavy (non-hydrogen) atoms. The molecule has 1 spiro atoms. The third kappa shape index (κ3) is 3.95. The molecular weight excluding hydrogens is 368 g/mol. The summed E-state index contributed by atoms with van der Waals surface area (Å²) in [5.41, 5.74) is 1.50. The Balaban J connectivity index is 1.33. The summed E-state index contributed by atoms with van der Waals surface area (Å²) in [4.78, 5) is 42.7. The second-order valence-corrected chi connectivity index (χ2v) is 8.57. The van der Waals surface area contributed by atoms with Gasteiger partial charge in [0.2, 0.25) is 5.91 Å². The predicted molar refractivity (Wildman–Crippen MR) is 110 cm³/mol. The van der Waals surface area contributed by atoms with Gasteiger partial charge in [-0.05, 0) is 49.8 Å². The van der Waals surface area contributed by atoms with Crippen LogP contribution >= 0.6 is 0 Å². The van der Waals surface area contributed by atoms with Gasteiger partial charge >= 0.3 is 6.03 Å². The van der Waals surface area contributed by atoms with Crippen LogP contribution in [0.25, 0.3) is 0 Å². The zero-order valence-electron chi connectivity index (χ0n) is 17.2. The van der Waals surface area contributed by atoms with Crippen LogP contribution in [0.3, 0.4) is 0 Å². The van der Waals surface area contributed by atoms with Gasteiger partial charge in [-0.15, -0.1) is 0 Å². The van der Waals surface area contributed by atoms with E-state index in [-0.39, 0.29) is 18.4 Å². The number of piperidine rings is 1. The van der Waals surface area contributed by atoms with Gasteiger partial charge in [0.05, 0.1) is 0 Å². The monoisotopic (exact) mass is 398 g/mol. The molecule has 0 radical (unpaired) electrons. The quantitative estimate of drug-likeness (QED) is 0.774. The number of hydrogen-bond acceptors (Lipinski definition) is 4. The van der Waals surface area contributed by atoms with Crippen LogP contribution in [0.4, 0.5) is 10.5 Å². The molecular formula is C22H30N4O3. The van der Waals surface area contributed by atoms with Crippen molar-refractivity contribution in [1.29, 1.82) is 0 Å². The maximum Gasteiger partial charge on any atom is 0.325 e. The van der Waals surface area contributed by atoms with Gasteiger partial charge in [0.15, 0.2) is 0 Å². The number of anilines is 1. The van der Waals surface area contributed by atoms with Crippen molar-refractivity contribution >= 4 is 23.5 Å². The molecule has 3 fully saturated rings. The number of rotatable bonds is 5. The number of nitrogens with zero attached hydrogens (tertiary/aromatic N) is 3. The number of nitrogens with one attached hydrogen (secondary N) is 1. The summed E-state index contributed by atoms with van der Waals surface area (Å²) in [6, 6.07) is 7.88. The Bertz CT molecular complexity index is 780. The van der Waals surface area contributed by atoms with E-state index in [1.54, 1.807) is 11.9 Å². The van der Waals surface area contributed by atoms with E-state index < -0.39 is 11.6 Å². The molecule has 0 aromatic heterocycles. The lowest BCUT2D eigenvalue weighted by atomic mass is 9.98. The van der Waals surface area contributed by atoms with Crippen molar-refractivity contribution in [3.05, 3.63) is 29.8 Å². The number of amides is 4. The van der Waals surface area contributed by atoms with Crippen LogP contribution in [0.15, 0.2) is 24.3 Å². The van der Waals surface area contributed by atoms with E-state index in [2.05, 4.69) is 34.5 Å². The molecule has 7 heteroatoms. The Kier molecular flexibility index (Phi) is 5.48. The first-order chi connectivity index (χ1) is 14.0. The van der Waals surface area contributed by atoms with Gasteiger partial charge in [0.1, 0.15) is 12.1 Å². The SMILES string of the molecule is CN(Cc1ccc(N2CCCCC2)cc1)C(=O)CN1C(=O)NC2(CCCC2)C1=O. The van der Waals surface area contributed by atoms with Gasteiger partial charge in [-0.25, -0.2) is 4.79 Å². The van der Waals surface area contributed by atoms with Crippen molar-refractivity contribution in [2.75, 3.05) is 31.6 Å². The molecule has 2 aliphatic heterocycles. The smallest absolute Gasteiger partial charge is 0.325 e. The van der Waals surface area contributed by atoms with Gasteiger partial charge in [0, 0.05) is 32.4 Å². The van der Waals surface area contributed by atoms with Crippen LogP contribution in [0.2, 0.25) is 0 Å². The number of hydrogen-bond donors (Lipinski definition) is 1. The number of carbonyl (C=O) groups excluding carboxylic acids is 3. The molecule has 1 N–H and O–H groups in total. The van der Waals surface area contributed by atoms with Crippen molar-refractivity contribution < 1.29 is 14.4 Å². The number of urea groups is 1. The highest BCUT2D eigenvalue weighted by atomic mass is 16.2. The van der Waals surface area contributed by atoms with E-state index in [1.807, 2.05) is 0 Å². The second-order valence-electron chi connectivity index (χ2n) is 8.57. The summed E-state index contributed by atoms with van der Waals surface area (Å²) in [6.07, 6.45) is 6.98. The molecule has 2 heterocycles. The van der Waals surface area contributed by atoms with Gasteiger partial charge < -0.3 is 15.1 Å². The van der Waals surface area contributed by atoms with Crippen molar-refractivity contribution in [1.82, 2.24) is 15.1 Å². The molecule has 1 aliphatic carbocycles. The first-order valence-electron chi connectivity index (χ1n) is 10.7. The van der Waals surface area contributed by atoms with Crippen LogP contribution in [0.5, 0.6) is 0 Å². The molecule has 1 aromatic carbocycles. The van der Waals surface area contributed by atoms with E-state index in [0.717, 1.165) is 36.4 Å². The molecule has 4 rings (SSSR count). The zero-order chi connectivity index (χ0) is 20.4. The first-order valence-corrected chi connectivity index (χ1v) is 10.7. The van der Waals surface area contributed by atoms with Crippen molar-refractivity contribution in [2.24, 2.45) is 0 Å². The number of benzene rings is 1. The van der Waals surface area contributed by atoms with Crippen molar-refractivity contribution in [3.8, 4) is 0 Å². The van der Waals surface area contributed by atoms with Gasteiger partial charge in [0.25, 0.3) is 5.91 Å². The average Bonchev–Trinajstić information content (AvgIpc) is 3.29. The van der Waals surface area contributed by atoms with Crippen LogP contribution < -0.4 is 10.2 Å².